The van der Waals surface area contributed by atoms with Gasteiger partial charge in [-0.2, -0.15) is 0 Å². The number of rotatable bonds is 3. The molecule has 1 aliphatic rings. The zero-order valence-corrected chi connectivity index (χ0v) is 11.6. The Labute approximate surface area is 114 Å². The van der Waals surface area contributed by atoms with Crippen molar-refractivity contribution in [2.24, 2.45) is 5.92 Å². The fourth-order valence-electron chi connectivity index (χ4n) is 2.35. The van der Waals surface area contributed by atoms with Gasteiger partial charge in [-0.1, -0.05) is 6.92 Å². The molecule has 0 aromatic heterocycles. The van der Waals surface area contributed by atoms with E-state index in [4.69, 9.17) is 0 Å². The van der Waals surface area contributed by atoms with Crippen LogP contribution in [0.4, 0.5) is 5.69 Å². The fraction of sp³-hybridized carbons (Fsp3) is 0.533. The van der Waals surface area contributed by atoms with Crippen LogP contribution in [0.3, 0.4) is 0 Å². The summed E-state index contributed by atoms with van der Waals surface area (Å²) in [6.07, 6.45) is 0.460. The van der Waals surface area contributed by atoms with Gasteiger partial charge in [-0.25, -0.2) is 0 Å². The van der Waals surface area contributed by atoms with Crippen molar-refractivity contribution in [3.63, 3.8) is 0 Å². The van der Waals surface area contributed by atoms with Gasteiger partial charge in [-0.15, -0.1) is 0 Å². The predicted molar refractivity (Wildman–Crippen MR) is 76.3 cm³/mol. The fourth-order valence-corrected chi connectivity index (χ4v) is 2.35. The number of anilines is 1. The number of aliphatic hydroxyl groups excluding tert-OH is 1. The van der Waals surface area contributed by atoms with Crippen molar-refractivity contribution in [1.29, 1.82) is 0 Å². The zero-order valence-electron chi connectivity index (χ0n) is 11.6. The molecule has 0 spiro atoms. The molecule has 0 bridgehead atoms. The molecule has 2 N–H and O–H groups in total. The van der Waals surface area contributed by atoms with Crippen LogP contribution >= 0.6 is 0 Å². The van der Waals surface area contributed by atoms with E-state index < -0.39 is 6.10 Å². The first-order chi connectivity index (χ1) is 9.11. The van der Waals surface area contributed by atoms with Gasteiger partial charge >= 0.3 is 0 Å². The van der Waals surface area contributed by atoms with Crippen molar-refractivity contribution < 1.29 is 9.90 Å². The first kappa shape index (κ1) is 13.9. The summed E-state index contributed by atoms with van der Waals surface area (Å²) in [7, 11) is 0. The average Bonchev–Trinajstić information content (AvgIpc) is 2.42. The van der Waals surface area contributed by atoms with Gasteiger partial charge in [0.2, 0.25) is 0 Å². The van der Waals surface area contributed by atoms with Crippen molar-refractivity contribution in [3.8, 4) is 0 Å². The third-order valence-electron chi connectivity index (χ3n) is 3.72. The number of aliphatic hydroxyl groups is 1. The topological polar surface area (TPSA) is 52.6 Å². The van der Waals surface area contributed by atoms with Gasteiger partial charge in [-0.3, -0.25) is 4.79 Å². The van der Waals surface area contributed by atoms with E-state index in [2.05, 4.69) is 5.32 Å². The number of nitrogens with zero attached hydrogens (tertiary/aromatic N) is 1. The van der Waals surface area contributed by atoms with Crippen LogP contribution in [0.25, 0.3) is 0 Å². The summed E-state index contributed by atoms with van der Waals surface area (Å²) in [5, 5.41) is 13.1. The van der Waals surface area contributed by atoms with Gasteiger partial charge in [0.1, 0.15) is 0 Å². The summed E-state index contributed by atoms with van der Waals surface area (Å²) >= 11 is 0. The summed E-state index contributed by atoms with van der Waals surface area (Å²) in [6, 6.07) is 7.51. The maximum Gasteiger partial charge on any atom is 0.253 e. The first-order valence-electron chi connectivity index (χ1n) is 6.93. The molecule has 19 heavy (non-hydrogen) atoms. The van der Waals surface area contributed by atoms with Crippen LogP contribution in [0.2, 0.25) is 0 Å². The van der Waals surface area contributed by atoms with Gasteiger partial charge in [-0.05, 0) is 43.5 Å². The van der Waals surface area contributed by atoms with E-state index in [1.165, 1.54) is 0 Å². The highest BCUT2D eigenvalue weighted by molar-refractivity contribution is 5.94. The van der Waals surface area contributed by atoms with Crippen LogP contribution in [-0.4, -0.2) is 41.7 Å². The smallest absolute Gasteiger partial charge is 0.253 e. The molecule has 2 atom stereocenters. The van der Waals surface area contributed by atoms with Crippen LogP contribution in [0.5, 0.6) is 0 Å². The second-order valence-corrected chi connectivity index (χ2v) is 5.19. The summed E-state index contributed by atoms with van der Waals surface area (Å²) in [6.45, 7) is 6.09. The molecule has 1 aromatic rings. The van der Waals surface area contributed by atoms with Crippen molar-refractivity contribution in [3.05, 3.63) is 29.8 Å². The number of carbonyl (C=O) groups is 1. The predicted octanol–water partition coefficient (Wildman–Crippen LogP) is 1.96. The SMILES string of the molecule is CCNc1ccc(C(=O)N2CCC(C)C(O)C2)cc1. The number of hydrogen-bond donors (Lipinski definition) is 2. The highest BCUT2D eigenvalue weighted by atomic mass is 16.3. The van der Waals surface area contributed by atoms with E-state index in [1.54, 1.807) is 4.90 Å². The molecule has 0 saturated carbocycles. The Balaban J connectivity index is 2.03. The Kier molecular flexibility index (Phi) is 4.43. The Bertz CT molecular complexity index is 430. The van der Waals surface area contributed by atoms with E-state index >= 15 is 0 Å². The van der Waals surface area contributed by atoms with E-state index in [0.717, 1.165) is 25.2 Å². The minimum Gasteiger partial charge on any atom is -0.391 e. The minimum atomic E-state index is -0.404. The van der Waals surface area contributed by atoms with E-state index in [9.17, 15) is 9.90 Å². The number of hydrogen-bond acceptors (Lipinski definition) is 3. The van der Waals surface area contributed by atoms with E-state index in [1.807, 2.05) is 38.1 Å². The second-order valence-electron chi connectivity index (χ2n) is 5.19. The molecule has 4 heteroatoms. The first-order valence-corrected chi connectivity index (χ1v) is 6.93. The molecule has 0 radical (unpaired) electrons. The highest BCUT2D eigenvalue weighted by Crippen LogP contribution is 2.19. The lowest BCUT2D eigenvalue weighted by Crippen LogP contribution is -2.45. The number of piperidine rings is 1. The minimum absolute atomic E-state index is 0.00833. The molecular formula is C15H22N2O2. The van der Waals surface area contributed by atoms with Crippen molar-refractivity contribution >= 4 is 11.6 Å². The van der Waals surface area contributed by atoms with Crippen LogP contribution in [-0.2, 0) is 0 Å². The number of β-amino-alcohol motifs (C(OH)–C–C–N with tert-alkyl or cyclic N) is 1. The molecular weight excluding hydrogens is 240 g/mol. The lowest BCUT2D eigenvalue weighted by Gasteiger charge is -2.34. The van der Waals surface area contributed by atoms with E-state index in [0.29, 0.717) is 12.1 Å². The lowest BCUT2D eigenvalue weighted by molar-refractivity contribution is 0.0248. The molecule has 1 aliphatic heterocycles. The largest absolute Gasteiger partial charge is 0.391 e. The number of carbonyl (C=O) groups excluding carboxylic acids is 1. The Hall–Kier alpha value is -1.55. The number of likely N-dealkylation sites (tertiary alicyclic amines) is 1. The summed E-state index contributed by atoms with van der Waals surface area (Å²) < 4.78 is 0. The molecule has 1 amide bonds. The van der Waals surface area contributed by atoms with Crippen molar-refractivity contribution in [1.82, 2.24) is 4.90 Å². The van der Waals surface area contributed by atoms with Crippen molar-refractivity contribution in [2.45, 2.75) is 26.4 Å². The molecule has 2 unspecified atom stereocenters. The van der Waals surface area contributed by atoms with Crippen LogP contribution < -0.4 is 5.32 Å². The molecule has 1 fully saturated rings. The molecule has 1 aromatic carbocycles. The number of amides is 1. The Morgan fingerprint density at radius 3 is 2.68 bits per heavy atom. The standard InChI is InChI=1S/C15H22N2O2/c1-3-16-13-6-4-12(5-7-13)15(19)17-9-8-11(2)14(18)10-17/h4-7,11,14,16,18H,3,8-10H2,1-2H3. The zero-order chi connectivity index (χ0) is 13.8. The molecule has 104 valence electrons. The van der Waals surface area contributed by atoms with Crippen LogP contribution in [0, 0.1) is 5.92 Å². The normalized spacial score (nSPS) is 23.2. The molecule has 2 rings (SSSR count). The number of nitrogens with one attached hydrogen (secondary N) is 1. The maximum absolute atomic E-state index is 12.3. The van der Waals surface area contributed by atoms with Gasteiger partial charge in [0.05, 0.1) is 6.10 Å². The van der Waals surface area contributed by atoms with Gasteiger partial charge in [0, 0.05) is 30.9 Å². The lowest BCUT2D eigenvalue weighted by atomic mass is 9.95. The molecule has 1 heterocycles. The summed E-state index contributed by atoms with van der Waals surface area (Å²) in [5.41, 5.74) is 1.70. The third kappa shape index (κ3) is 3.26. The molecule has 1 saturated heterocycles. The molecule has 4 nitrogen and oxygen atoms in total. The summed E-state index contributed by atoms with van der Waals surface area (Å²) in [5.74, 6) is 0.286. The Morgan fingerprint density at radius 1 is 1.42 bits per heavy atom. The number of benzene rings is 1. The van der Waals surface area contributed by atoms with Crippen molar-refractivity contribution in [2.75, 3.05) is 25.0 Å². The third-order valence-corrected chi connectivity index (χ3v) is 3.72. The maximum atomic E-state index is 12.3. The van der Waals surface area contributed by atoms with Crippen LogP contribution in [0.15, 0.2) is 24.3 Å². The van der Waals surface area contributed by atoms with Gasteiger partial charge < -0.3 is 15.3 Å². The second kappa shape index (κ2) is 6.06. The highest BCUT2D eigenvalue weighted by Gasteiger charge is 2.27. The Morgan fingerprint density at radius 2 is 2.11 bits per heavy atom. The monoisotopic (exact) mass is 262 g/mol. The summed E-state index contributed by atoms with van der Waals surface area (Å²) in [4.78, 5) is 14.1. The quantitative estimate of drug-likeness (QED) is 0.875. The van der Waals surface area contributed by atoms with Crippen LogP contribution in [0.1, 0.15) is 30.6 Å². The molecule has 0 aliphatic carbocycles. The average molecular weight is 262 g/mol. The van der Waals surface area contributed by atoms with Gasteiger partial charge in [0.25, 0.3) is 5.91 Å². The van der Waals surface area contributed by atoms with Gasteiger partial charge in [0.15, 0.2) is 0 Å². The van der Waals surface area contributed by atoms with E-state index in [-0.39, 0.29) is 11.8 Å².